The first-order valence-electron chi connectivity index (χ1n) is 5.02. The van der Waals surface area contributed by atoms with Crippen LogP contribution in [-0.4, -0.2) is 11.5 Å². The van der Waals surface area contributed by atoms with Crippen molar-refractivity contribution in [3.05, 3.63) is 30.3 Å². The molecule has 1 aromatic carbocycles. The number of carbonyl (C=O) groups excluding carboxylic acids is 1. The SMILES string of the molecule is CCCC(CC=O)Sc1ccccc1. The summed E-state index contributed by atoms with van der Waals surface area (Å²) in [7, 11) is 0. The largest absolute Gasteiger partial charge is 0.303 e. The van der Waals surface area contributed by atoms with Crippen LogP contribution in [0.2, 0.25) is 0 Å². The Hall–Kier alpha value is -0.760. The minimum atomic E-state index is 0.444. The summed E-state index contributed by atoms with van der Waals surface area (Å²) in [5.41, 5.74) is 0. The highest BCUT2D eigenvalue weighted by Gasteiger charge is 2.08. The van der Waals surface area contributed by atoms with E-state index in [4.69, 9.17) is 0 Å². The molecule has 0 bridgehead atoms. The molecule has 1 atom stereocenters. The van der Waals surface area contributed by atoms with Gasteiger partial charge in [0, 0.05) is 16.6 Å². The predicted molar refractivity (Wildman–Crippen MR) is 61.7 cm³/mol. The standard InChI is InChI=1S/C12H16OS/c1-2-6-11(9-10-13)14-12-7-4-3-5-8-12/h3-5,7-8,10-11H,2,6,9H2,1H3. The molecule has 0 aliphatic rings. The minimum absolute atomic E-state index is 0.444. The van der Waals surface area contributed by atoms with Crippen LogP contribution in [0.1, 0.15) is 26.2 Å². The fraction of sp³-hybridized carbons (Fsp3) is 0.417. The molecule has 0 saturated carbocycles. The lowest BCUT2D eigenvalue weighted by Crippen LogP contribution is -2.02. The third-order valence-corrected chi connectivity index (χ3v) is 3.32. The minimum Gasteiger partial charge on any atom is -0.303 e. The van der Waals surface area contributed by atoms with Gasteiger partial charge in [0.2, 0.25) is 0 Å². The van der Waals surface area contributed by atoms with Crippen molar-refractivity contribution in [3.8, 4) is 0 Å². The molecule has 0 N–H and O–H groups in total. The number of thioether (sulfide) groups is 1. The van der Waals surface area contributed by atoms with E-state index >= 15 is 0 Å². The Morgan fingerprint density at radius 3 is 2.64 bits per heavy atom. The van der Waals surface area contributed by atoms with Crippen molar-refractivity contribution in [2.75, 3.05) is 0 Å². The smallest absolute Gasteiger partial charge is 0.121 e. The third-order valence-electron chi connectivity index (χ3n) is 2.02. The van der Waals surface area contributed by atoms with Gasteiger partial charge in [-0.25, -0.2) is 0 Å². The molecule has 0 heterocycles. The van der Waals surface area contributed by atoms with Gasteiger partial charge in [0.25, 0.3) is 0 Å². The summed E-state index contributed by atoms with van der Waals surface area (Å²) in [4.78, 5) is 11.7. The van der Waals surface area contributed by atoms with E-state index in [1.807, 2.05) is 18.2 Å². The van der Waals surface area contributed by atoms with Crippen LogP contribution in [0.5, 0.6) is 0 Å². The molecule has 1 unspecified atom stereocenters. The van der Waals surface area contributed by atoms with Gasteiger partial charge in [-0.2, -0.15) is 0 Å². The van der Waals surface area contributed by atoms with Crippen LogP contribution in [0.3, 0.4) is 0 Å². The van der Waals surface area contributed by atoms with Crippen LogP contribution in [0.4, 0.5) is 0 Å². The van der Waals surface area contributed by atoms with Gasteiger partial charge in [-0.15, -0.1) is 11.8 Å². The maximum Gasteiger partial charge on any atom is 0.121 e. The Labute approximate surface area is 89.9 Å². The summed E-state index contributed by atoms with van der Waals surface area (Å²) in [5.74, 6) is 0. The van der Waals surface area contributed by atoms with E-state index in [-0.39, 0.29) is 0 Å². The fourth-order valence-corrected chi connectivity index (χ4v) is 2.57. The zero-order valence-electron chi connectivity index (χ0n) is 8.48. The summed E-state index contributed by atoms with van der Waals surface area (Å²) in [5, 5.41) is 0.444. The summed E-state index contributed by atoms with van der Waals surface area (Å²) >= 11 is 1.81. The number of benzene rings is 1. The molecule has 0 amide bonds. The Kier molecular flexibility index (Phi) is 5.38. The lowest BCUT2D eigenvalue weighted by molar-refractivity contribution is -0.107. The highest BCUT2D eigenvalue weighted by Crippen LogP contribution is 2.27. The van der Waals surface area contributed by atoms with E-state index in [1.54, 1.807) is 11.8 Å². The lowest BCUT2D eigenvalue weighted by Gasteiger charge is -2.12. The molecule has 1 nitrogen and oxygen atoms in total. The van der Waals surface area contributed by atoms with E-state index in [9.17, 15) is 4.79 Å². The van der Waals surface area contributed by atoms with Crippen LogP contribution in [0.25, 0.3) is 0 Å². The molecule has 0 aliphatic carbocycles. The third kappa shape index (κ3) is 3.97. The first kappa shape index (κ1) is 11.3. The van der Waals surface area contributed by atoms with E-state index in [1.165, 1.54) is 4.90 Å². The average Bonchev–Trinajstić information content (AvgIpc) is 2.20. The normalized spacial score (nSPS) is 12.4. The zero-order valence-corrected chi connectivity index (χ0v) is 9.30. The molecule has 0 saturated heterocycles. The van der Waals surface area contributed by atoms with Crippen LogP contribution in [-0.2, 0) is 4.79 Å². The molecule has 0 spiro atoms. The van der Waals surface area contributed by atoms with Gasteiger partial charge in [0.15, 0.2) is 0 Å². The van der Waals surface area contributed by atoms with E-state index < -0.39 is 0 Å². The Balaban J connectivity index is 2.50. The highest BCUT2D eigenvalue weighted by molar-refractivity contribution is 8.00. The highest BCUT2D eigenvalue weighted by atomic mass is 32.2. The van der Waals surface area contributed by atoms with Crippen molar-refractivity contribution in [2.45, 2.75) is 36.3 Å². The molecule has 0 aliphatic heterocycles. The zero-order chi connectivity index (χ0) is 10.2. The van der Waals surface area contributed by atoms with Crippen molar-refractivity contribution in [1.29, 1.82) is 0 Å². The molecule has 14 heavy (non-hydrogen) atoms. The second-order valence-corrected chi connectivity index (χ2v) is 4.62. The second kappa shape index (κ2) is 6.66. The molecule has 1 aromatic rings. The number of hydrogen-bond acceptors (Lipinski definition) is 2. The monoisotopic (exact) mass is 208 g/mol. The number of carbonyl (C=O) groups is 1. The van der Waals surface area contributed by atoms with Gasteiger partial charge >= 0.3 is 0 Å². The maximum absolute atomic E-state index is 10.5. The van der Waals surface area contributed by atoms with Gasteiger partial charge in [-0.05, 0) is 18.6 Å². The molecule has 0 radical (unpaired) electrons. The quantitative estimate of drug-likeness (QED) is 0.525. The van der Waals surface area contributed by atoms with Crippen molar-refractivity contribution < 1.29 is 4.79 Å². The summed E-state index contributed by atoms with van der Waals surface area (Å²) in [6, 6.07) is 10.3. The Morgan fingerprint density at radius 2 is 2.07 bits per heavy atom. The predicted octanol–water partition coefficient (Wildman–Crippen LogP) is 3.54. The van der Waals surface area contributed by atoms with E-state index in [2.05, 4.69) is 19.1 Å². The lowest BCUT2D eigenvalue weighted by atomic mass is 10.2. The second-order valence-electron chi connectivity index (χ2n) is 3.24. The van der Waals surface area contributed by atoms with Crippen molar-refractivity contribution in [2.24, 2.45) is 0 Å². The molecule has 0 aromatic heterocycles. The van der Waals surface area contributed by atoms with Crippen LogP contribution >= 0.6 is 11.8 Å². The summed E-state index contributed by atoms with van der Waals surface area (Å²) < 4.78 is 0. The van der Waals surface area contributed by atoms with Crippen molar-refractivity contribution >= 4 is 18.0 Å². The molecular formula is C12H16OS. The van der Waals surface area contributed by atoms with Crippen molar-refractivity contribution in [3.63, 3.8) is 0 Å². The van der Waals surface area contributed by atoms with Gasteiger partial charge in [-0.1, -0.05) is 31.5 Å². The van der Waals surface area contributed by atoms with Crippen LogP contribution in [0, 0.1) is 0 Å². The molecule has 76 valence electrons. The number of rotatable bonds is 6. The first-order valence-corrected chi connectivity index (χ1v) is 5.90. The van der Waals surface area contributed by atoms with Crippen LogP contribution < -0.4 is 0 Å². The van der Waals surface area contributed by atoms with Gasteiger partial charge < -0.3 is 4.79 Å². The molecular weight excluding hydrogens is 192 g/mol. The van der Waals surface area contributed by atoms with Crippen LogP contribution in [0.15, 0.2) is 35.2 Å². The van der Waals surface area contributed by atoms with Gasteiger partial charge in [0.1, 0.15) is 6.29 Å². The molecule has 0 fully saturated rings. The Morgan fingerprint density at radius 1 is 1.36 bits per heavy atom. The van der Waals surface area contributed by atoms with Crippen molar-refractivity contribution in [1.82, 2.24) is 0 Å². The topological polar surface area (TPSA) is 17.1 Å². The molecule has 2 heteroatoms. The number of hydrogen-bond donors (Lipinski definition) is 0. The summed E-state index contributed by atoms with van der Waals surface area (Å²) in [6.45, 7) is 2.16. The van der Waals surface area contributed by atoms with Gasteiger partial charge in [0.05, 0.1) is 0 Å². The summed E-state index contributed by atoms with van der Waals surface area (Å²) in [6.07, 6.45) is 3.93. The van der Waals surface area contributed by atoms with Gasteiger partial charge in [-0.3, -0.25) is 0 Å². The Bertz CT molecular complexity index is 258. The molecule has 1 rings (SSSR count). The average molecular weight is 208 g/mol. The first-order chi connectivity index (χ1) is 6.86. The number of aldehydes is 1. The van der Waals surface area contributed by atoms with E-state index in [0.29, 0.717) is 11.7 Å². The fourth-order valence-electron chi connectivity index (χ4n) is 1.35. The van der Waals surface area contributed by atoms with E-state index in [0.717, 1.165) is 19.1 Å². The maximum atomic E-state index is 10.5.